The number of methoxy groups -OCH3 is 1. The molecule has 6 nitrogen and oxygen atoms in total. The number of carbonyl (C=O) groups is 2. The van der Waals surface area contributed by atoms with Gasteiger partial charge >= 0.3 is 12.0 Å². The fourth-order valence-electron chi connectivity index (χ4n) is 1.19. The van der Waals surface area contributed by atoms with E-state index in [9.17, 15) is 9.59 Å². The van der Waals surface area contributed by atoms with E-state index >= 15 is 0 Å². The number of aliphatic carboxylic acids is 1. The molecular weight excluding hydrogens is 212 g/mol. The molecule has 0 rings (SSSR count). The third-order valence-electron chi connectivity index (χ3n) is 2.21. The van der Waals surface area contributed by atoms with Crippen LogP contribution < -0.4 is 10.6 Å². The van der Waals surface area contributed by atoms with Crippen molar-refractivity contribution < 1.29 is 19.4 Å². The maximum Gasteiger partial charge on any atom is 0.326 e. The maximum atomic E-state index is 11.4. The van der Waals surface area contributed by atoms with Crippen LogP contribution >= 0.6 is 0 Å². The molecule has 2 amide bonds. The molecular formula is C10H20N2O4. The van der Waals surface area contributed by atoms with Crippen LogP contribution in [0.2, 0.25) is 0 Å². The van der Waals surface area contributed by atoms with Gasteiger partial charge in [0.05, 0.1) is 12.6 Å². The first-order chi connectivity index (χ1) is 7.54. The predicted molar refractivity (Wildman–Crippen MR) is 59.3 cm³/mol. The summed E-state index contributed by atoms with van der Waals surface area (Å²) in [6, 6.07) is -1.42. The molecule has 0 saturated carbocycles. The Labute approximate surface area is 95.4 Å². The van der Waals surface area contributed by atoms with E-state index in [0.29, 0.717) is 13.0 Å². The van der Waals surface area contributed by atoms with Crippen molar-refractivity contribution in [2.45, 2.75) is 38.8 Å². The van der Waals surface area contributed by atoms with E-state index in [1.165, 1.54) is 0 Å². The standard InChI is InChI=1S/C10H20N2O4/c1-4-7(6-16-3)11-10(15)12-8(5-2)9(13)14/h7-8H,4-6H2,1-3H3,(H,13,14)(H2,11,12,15). The van der Waals surface area contributed by atoms with Crippen LogP contribution in [-0.4, -0.2) is 42.9 Å². The summed E-state index contributed by atoms with van der Waals surface area (Å²) < 4.78 is 4.92. The van der Waals surface area contributed by atoms with Crippen LogP contribution in [0, 0.1) is 0 Å². The second-order valence-electron chi connectivity index (χ2n) is 3.48. The Balaban J connectivity index is 4.09. The zero-order valence-electron chi connectivity index (χ0n) is 9.95. The number of hydrogen-bond acceptors (Lipinski definition) is 3. The second-order valence-corrected chi connectivity index (χ2v) is 3.48. The molecule has 2 unspecified atom stereocenters. The van der Waals surface area contributed by atoms with Gasteiger partial charge in [-0.15, -0.1) is 0 Å². The topological polar surface area (TPSA) is 87.7 Å². The van der Waals surface area contributed by atoms with Crippen molar-refractivity contribution in [3.63, 3.8) is 0 Å². The molecule has 0 bridgehead atoms. The predicted octanol–water partition coefficient (Wildman–Crippen LogP) is 0.574. The van der Waals surface area contributed by atoms with Crippen LogP contribution in [0.3, 0.4) is 0 Å². The summed E-state index contributed by atoms with van der Waals surface area (Å²) in [6.07, 6.45) is 1.08. The number of carboxylic acids is 1. The summed E-state index contributed by atoms with van der Waals surface area (Å²) in [5.41, 5.74) is 0. The van der Waals surface area contributed by atoms with Gasteiger partial charge in [0.25, 0.3) is 0 Å². The third-order valence-corrected chi connectivity index (χ3v) is 2.21. The van der Waals surface area contributed by atoms with Crippen LogP contribution in [0.5, 0.6) is 0 Å². The number of amides is 2. The van der Waals surface area contributed by atoms with E-state index in [2.05, 4.69) is 10.6 Å². The van der Waals surface area contributed by atoms with Crippen molar-refractivity contribution in [1.82, 2.24) is 10.6 Å². The monoisotopic (exact) mass is 232 g/mol. The molecule has 6 heteroatoms. The summed E-state index contributed by atoms with van der Waals surface area (Å²) in [6.45, 7) is 4.03. The van der Waals surface area contributed by atoms with Crippen molar-refractivity contribution in [1.29, 1.82) is 0 Å². The summed E-state index contributed by atoms with van der Waals surface area (Å²) in [5.74, 6) is -1.03. The Bertz CT molecular complexity index is 233. The zero-order chi connectivity index (χ0) is 12.6. The summed E-state index contributed by atoms with van der Waals surface area (Å²) >= 11 is 0. The van der Waals surface area contributed by atoms with Crippen molar-refractivity contribution in [3.8, 4) is 0 Å². The van der Waals surface area contributed by atoms with Gasteiger partial charge in [-0.2, -0.15) is 0 Å². The van der Waals surface area contributed by atoms with Gasteiger partial charge in [0.15, 0.2) is 0 Å². The molecule has 0 aromatic rings. The third kappa shape index (κ3) is 5.55. The maximum absolute atomic E-state index is 11.4. The van der Waals surface area contributed by atoms with Gasteiger partial charge in [0.2, 0.25) is 0 Å². The summed E-state index contributed by atoms with van der Waals surface area (Å²) in [7, 11) is 1.55. The minimum absolute atomic E-state index is 0.101. The number of carboxylic acid groups (broad SMARTS) is 1. The highest BCUT2D eigenvalue weighted by Crippen LogP contribution is 1.94. The minimum Gasteiger partial charge on any atom is -0.480 e. The Morgan fingerprint density at radius 1 is 1.25 bits per heavy atom. The molecule has 0 saturated heterocycles. The van der Waals surface area contributed by atoms with Crippen LogP contribution in [0.1, 0.15) is 26.7 Å². The normalized spacial score (nSPS) is 13.9. The first kappa shape index (κ1) is 14.7. The lowest BCUT2D eigenvalue weighted by Gasteiger charge is -2.18. The van der Waals surface area contributed by atoms with E-state index < -0.39 is 18.0 Å². The highest BCUT2D eigenvalue weighted by molar-refractivity contribution is 5.82. The highest BCUT2D eigenvalue weighted by Gasteiger charge is 2.18. The van der Waals surface area contributed by atoms with E-state index in [4.69, 9.17) is 9.84 Å². The number of nitrogens with one attached hydrogen (secondary N) is 2. The number of hydrogen-bond donors (Lipinski definition) is 3. The highest BCUT2D eigenvalue weighted by atomic mass is 16.5. The average Bonchev–Trinajstić information content (AvgIpc) is 2.24. The van der Waals surface area contributed by atoms with Gasteiger partial charge in [0, 0.05) is 7.11 Å². The summed E-state index contributed by atoms with van der Waals surface area (Å²) in [5, 5.41) is 13.8. The fraction of sp³-hybridized carbons (Fsp3) is 0.800. The van der Waals surface area contributed by atoms with E-state index in [1.54, 1.807) is 14.0 Å². The van der Waals surface area contributed by atoms with Crippen molar-refractivity contribution in [2.75, 3.05) is 13.7 Å². The molecule has 3 N–H and O–H groups in total. The van der Waals surface area contributed by atoms with E-state index in [0.717, 1.165) is 6.42 Å². The zero-order valence-corrected chi connectivity index (χ0v) is 9.95. The van der Waals surface area contributed by atoms with E-state index in [-0.39, 0.29) is 6.04 Å². The lowest BCUT2D eigenvalue weighted by atomic mass is 10.2. The van der Waals surface area contributed by atoms with Crippen LogP contribution in [0.25, 0.3) is 0 Å². The average molecular weight is 232 g/mol. The van der Waals surface area contributed by atoms with Crippen molar-refractivity contribution in [2.24, 2.45) is 0 Å². The van der Waals surface area contributed by atoms with Gasteiger partial charge in [-0.25, -0.2) is 9.59 Å². The van der Waals surface area contributed by atoms with E-state index in [1.807, 2.05) is 6.92 Å². The molecule has 0 heterocycles. The van der Waals surface area contributed by atoms with Crippen LogP contribution in [-0.2, 0) is 9.53 Å². The number of carbonyl (C=O) groups excluding carboxylic acids is 1. The molecule has 0 aliphatic rings. The van der Waals surface area contributed by atoms with Crippen molar-refractivity contribution >= 4 is 12.0 Å². The van der Waals surface area contributed by atoms with Gasteiger partial charge in [-0.1, -0.05) is 13.8 Å². The lowest BCUT2D eigenvalue weighted by Crippen LogP contribution is -2.49. The number of rotatable bonds is 7. The van der Waals surface area contributed by atoms with Crippen LogP contribution in [0.15, 0.2) is 0 Å². The molecule has 0 fully saturated rings. The number of ether oxygens (including phenoxy) is 1. The Morgan fingerprint density at radius 3 is 2.25 bits per heavy atom. The van der Waals surface area contributed by atoms with Gasteiger partial charge < -0.3 is 20.5 Å². The molecule has 0 radical (unpaired) electrons. The molecule has 0 aromatic heterocycles. The second kappa shape index (κ2) is 7.92. The summed E-state index contributed by atoms with van der Waals surface area (Å²) in [4.78, 5) is 22.1. The first-order valence-corrected chi connectivity index (χ1v) is 5.33. The fourth-order valence-corrected chi connectivity index (χ4v) is 1.19. The molecule has 0 aromatic carbocycles. The lowest BCUT2D eigenvalue weighted by molar-refractivity contribution is -0.139. The quantitative estimate of drug-likeness (QED) is 0.599. The molecule has 0 spiro atoms. The van der Waals surface area contributed by atoms with Crippen molar-refractivity contribution in [3.05, 3.63) is 0 Å². The molecule has 2 atom stereocenters. The molecule has 0 aliphatic carbocycles. The van der Waals surface area contributed by atoms with Gasteiger partial charge in [0.1, 0.15) is 6.04 Å². The Morgan fingerprint density at radius 2 is 1.88 bits per heavy atom. The SMILES string of the molecule is CCC(COC)NC(=O)NC(CC)C(=O)O. The molecule has 94 valence electrons. The largest absolute Gasteiger partial charge is 0.480 e. The van der Waals surface area contributed by atoms with Crippen LogP contribution in [0.4, 0.5) is 4.79 Å². The Hall–Kier alpha value is -1.30. The molecule has 16 heavy (non-hydrogen) atoms. The number of urea groups is 1. The van der Waals surface area contributed by atoms with Gasteiger partial charge in [-0.3, -0.25) is 0 Å². The van der Waals surface area contributed by atoms with Gasteiger partial charge in [-0.05, 0) is 12.8 Å². The Kier molecular flexibility index (Phi) is 7.28. The first-order valence-electron chi connectivity index (χ1n) is 5.33. The minimum atomic E-state index is -1.03. The molecule has 0 aliphatic heterocycles. The smallest absolute Gasteiger partial charge is 0.326 e.